The molecule has 3 aromatic carbocycles. The number of sulfone groups is 1. The van der Waals surface area contributed by atoms with Gasteiger partial charge >= 0.3 is 0 Å². The van der Waals surface area contributed by atoms with E-state index in [1.807, 2.05) is 4.90 Å². The van der Waals surface area contributed by atoms with Crippen molar-refractivity contribution < 1.29 is 18.1 Å². The van der Waals surface area contributed by atoms with Gasteiger partial charge in [-0.1, -0.05) is 42.5 Å². The van der Waals surface area contributed by atoms with Crippen molar-refractivity contribution in [3.63, 3.8) is 0 Å². The second-order valence-corrected chi connectivity index (χ2v) is 9.67. The van der Waals surface area contributed by atoms with E-state index in [0.717, 1.165) is 19.6 Å². The van der Waals surface area contributed by atoms with Crippen LogP contribution in [0, 0.1) is 0 Å². The van der Waals surface area contributed by atoms with Gasteiger partial charge in [0, 0.05) is 17.4 Å². The largest absolute Gasteiger partial charge is 0.328 e. The summed E-state index contributed by atoms with van der Waals surface area (Å²) in [6.45, 7) is 4.15. The van der Waals surface area contributed by atoms with Gasteiger partial charge in [0.1, 0.15) is 6.54 Å². The lowest BCUT2D eigenvalue weighted by atomic mass is 10.0. The first-order valence-corrected chi connectivity index (χ1v) is 11.7. The van der Waals surface area contributed by atoms with Gasteiger partial charge in [0.15, 0.2) is 9.84 Å². The molecule has 29 heavy (non-hydrogen) atoms. The van der Waals surface area contributed by atoms with Crippen LogP contribution in [0.1, 0.15) is 15.9 Å². The van der Waals surface area contributed by atoms with E-state index in [-0.39, 0.29) is 10.8 Å². The first kappa shape index (κ1) is 19.6. The number of benzene rings is 3. The molecule has 1 N–H and O–H groups in total. The van der Waals surface area contributed by atoms with E-state index in [9.17, 15) is 13.2 Å². The zero-order valence-electron chi connectivity index (χ0n) is 16.5. The maximum atomic E-state index is 12.8. The predicted molar refractivity (Wildman–Crippen MR) is 114 cm³/mol. The van der Waals surface area contributed by atoms with Crippen molar-refractivity contribution in [1.82, 2.24) is 4.90 Å². The normalized spacial score (nSPS) is 15.6. The van der Waals surface area contributed by atoms with Crippen LogP contribution in [-0.2, 0) is 16.4 Å². The van der Waals surface area contributed by atoms with Crippen LogP contribution in [0.2, 0.25) is 0 Å². The monoisotopic (exact) mass is 409 g/mol. The van der Waals surface area contributed by atoms with Gasteiger partial charge in [-0.2, -0.15) is 0 Å². The fraction of sp³-hybridized carbons (Fsp3) is 0.261. The van der Waals surface area contributed by atoms with E-state index in [2.05, 4.69) is 42.5 Å². The lowest BCUT2D eigenvalue weighted by Crippen LogP contribution is -3.13. The summed E-state index contributed by atoms with van der Waals surface area (Å²) < 4.78 is 23.2. The molecule has 1 aliphatic rings. The molecule has 0 bridgehead atoms. The molecule has 4 rings (SSSR count). The number of quaternary nitrogens is 1. The summed E-state index contributed by atoms with van der Waals surface area (Å²) in [6, 6.07) is 21.1. The summed E-state index contributed by atoms with van der Waals surface area (Å²) in [6.07, 6.45) is 1.17. The molecule has 0 radical (unpaired) electrons. The Bertz CT molecular complexity index is 1130. The van der Waals surface area contributed by atoms with Gasteiger partial charge in [-0.3, -0.25) is 4.79 Å². The van der Waals surface area contributed by atoms with Crippen LogP contribution >= 0.6 is 0 Å². The third kappa shape index (κ3) is 4.33. The number of hydrogen-bond donors (Lipinski definition) is 1. The number of carbonyl (C=O) groups excluding carboxylic acids is 1. The first-order valence-electron chi connectivity index (χ1n) is 9.81. The Kier molecular flexibility index (Phi) is 5.39. The van der Waals surface area contributed by atoms with Gasteiger partial charge in [-0.15, -0.1) is 0 Å². The van der Waals surface area contributed by atoms with Crippen molar-refractivity contribution in [2.75, 3.05) is 32.4 Å². The minimum absolute atomic E-state index is 0.0331. The molecule has 5 nitrogen and oxygen atoms in total. The third-order valence-corrected chi connectivity index (χ3v) is 6.74. The quantitative estimate of drug-likeness (QED) is 0.715. The Morgan fingerprint density at radius 1 is 0.931 bits per heavy atom. The van der Waals surface area contributed by atoms with Crippen molar-refractivity contribution in [3.05, 3.63) is 77.9 Å². The van der Waals surface area contributed by atoms with E-state index in [1.54, 1.807) is 12.1 Å². The summed E-state index contributed by atoms with van der Waals surface area (Å²) in [7, 11) is -3.25. The Labute approximate surface area is 171 Å². The van der Waals surface area contributed by atoms with Gasteiger partial charge in [0.25, 0.3) is 5.91 Å². The van der Waals surface area contributed by atoms with E-state index in [1.165, 1.54) is 39.6 Å². The number of nitrogens with zero attached hydrogens (tertiary/aromatic N) is 1. The number of nitrogens with one attached hydrogen (secondary N) is 1. The molecule has 0 unspecified atom stereocenters. The molecule has 1 saturated heterocycles. The Hall–Kier alpha value is -2.70. The van der Waals surface area contributed by atoms with Crippen molar-refractivity contribution in [3.8, 4) is 0 Å². The van der Waals surface area contributed by atoms with Crippen LogP contribution in [-0.4, -0.2) is 51.7 Å². The summed E-state index contributed by atoms with van der Waals surface area (Å²) in [5.41, 5.74) is 1.88. The molecule has 3 aromatic rings. The summed E-state index contributed by atoms with van der Waals surface area (Å²) >= 11 is 0. The van der Waals surface area contributed by atoms with E-state index in [4.69, 9.17) is 0 Å². The minimum Gasteiger partial charge on any atom is -0.328 e. The Balaban J connectivity index is 1.39. The van der Waals surface area contributed by atoms with Crippen LogP contribution in [0.25, 0.3) is 10.8 Å². The molecule has 0 atom stereocenters. The molecule has 0 saturated carbocycles. The van der Waals surface area contributed by atoms with Crippen molar-refractivity contribution in [2.45, 2.75) is 11.4 Å². The SMILES string of the molecule is CS(=O)(=O)c1ccc(C(=O)N2CC[NH+](Cc3cccc4ccccc34)CC2)cc1. The van der Waals surface area contributed by atoms with Gasteiger partial charge in [-0.25, -0.2) is 8.42 Å². The molecule has 150 valence electrons. The summed E-state index contributed by atoms with van der Waals surface area (Å²) in [5.74, 6) is -0.0331. The molecule has 0 aliphatic carbocycles. The van der Waals surface area contributed by atoms with Gasteiger partial charge in [0.2, 0.25) is 0 Å². The van der Waals surface area contributed by atoms with E-state index >= 15 is 0 Å². The number of fused-ring (bicyclic) bond motifs is 1. The fourth-order valence-electron chi connectivity index (χ4n) is 3.95. The van der Waals surface area contributed by atoms with Crippen LogP contribution in [0.3, 0.4) is 0 Å². The summed E-state index contributed by atoms with van der Waals surface area (Å²) in [5, 5.41) is 2.56. The van der Waals surface area contributed by atoms with Crippen molar-refractivity contribution >= 4 is 26.5 Å². The second kappa shape index (κ2) is 7.97. The highest BCUT2D eigenvalue weighted by Gasteiger charge is 2.25. The second-order valence-electron chi connectivity index (χ2n) is 7.65. The lowest BCUT2D eigenvalue weighted by molar-refractivity contribution is -0.917. The highest BCUT2D eigenvalue weighted by atomic mass is 32.2. The minimum atomic E-state index is -3.25. The van der Waals surface area contributed by atoms with Gasteiger partial charge < -0.3 is 9.80 Å². The van der Waals surface area contributed by atoms with Crippen LogP contribution in [0.4, 0.5) is 0 Å². The molecular weight excluding hydrogens is 384 g/mol. The maximum absolute atomic E-state index is 12.8. The van der Waals surface area contributed by atoms with Gasteiger partial charge in [0.05, 0.1) is 31.1 Å². The highest BCUT2D eigenvalue weighted by Crippen LogP contribution is 2.18. The molecule has 0 spiro atoms. The Morgan fingerprint density at radius 2 is 1.59 bits per heavy atom. The molecule has 1 aliphatic heterocycles. The van der Waals surface area contributed by atoms with E-state index < -0.39 is 9.84 Å². The van der Waals surface area contributed by atoms with Gasteiger partial charge in [-0.05, 0) is 35.0 Å². The molecule has 6 heteroatoms. The fourth-order valence-corrected chi connectivity index (χ4v) is 4.58. The third-order valence-electron chi connectivity index (χ3n) is 5.61. The highest BCUT2D eigenvalue weighted by molar-refractivity contribution is 7.90. The summed E-state index contributed by atoms with van der Waals surface area (Å²) in [4.78, 5) is 16.3. The lowest BCUT2D eigenvalue weighted by Gasteiger charge is -2.32. The molecule has 0 aromatic heterocycles. The number of piperazine rings is 1. The molecule has 1 heterocycles. The molecule has 1 fully saturated rings. The maximum Gasteiger partial charge on any atom is 0.254 e. The van der Waals surface area contributed by atoms with Crippen LogP contribution in [0.15, 0.2) is 71.6 Å². The molecule has 1 amide bonds. The average molecular weight is 410 g/mol. The first-order chi connectivity index (χ1) is 13.9. The Morgan fingerprint density at radius 3 is 2.28 bits per heavy atom. The predicted octanol–water partition coefficient (Wildman–Crippen LogP) is 1.78. The van der Waals surface area contributed by atoms with Crippen LogP contribution < -0.4 is 4.90 Å². The van der Waals surface area contributed by atoms with Crippen LogP contribution in [0.5, 0.6) is 0 Å². The topological polar surface area (TPSA) is 58.9 Å². The molecular formula is C23H25N2O3S+. The standard InChI is InChI=1S/C23H24N2O3S/c1-29(27,28)21-11-9-19(10-12-21)23(26)25-15-13-24(14-16-25)17-20-7-4-6-18-5-2-3-8-22(18)20/h2-12H,13-17H2,1H3/p+1. The van der Waals surface area contributed by atoms with Crippen molar-refractivity contribution in [1.29, 1.82) is 0 Å². The number of hydrogen-bond acceptors (Lipinski definition) is 3. The number of amides is 1. The number of carbonyl (C=O) groups is 1. The smallest absolute Gasteiger partial charge is 0.254 e. The number of rotatable bonds is 4. The van der Waals surface area contributed by atoms with E-state index in [0.29, 0.717) is 18.7 Å². The zero-order chi connectivity index (χ0) is 20.4. The van der Waals surface area contributed by atoms with Crippen molar-refractivity contribution in [2.24, 2.45) is 0 Å². The average Bonchev–Trinajstić information content (AvgIpc) is 2.73. The zero-order valence-corrected chi connectivity index (χ0v) is 17.3.